The number of amides is 1. The normalized spacial score (nSPS) is 24.8. The SMILES string of the molecule is Cc1ccc(C(C(=O)N2CCC(C)CC2)N2CCNC(C)C2)cc1. The maximum absolute atomic E-state index is 13.4. The van der Waals surface area contributed by atoms with E-state index in [2.05, 4.69) is 60.2 Å². The van der Waals surface area contributed by atoms with Gasteiger partial charge in [0.2, 0.25) is 5.91 Å². The maximum Gasteiger partial charge on any atom is 0.244 e. The van der Waals surface area contributed by atoms with Gasteiger partial charge in [0, 0.05) is 38.8 Å². The number of nitrogens with zero attached hydrogens (tertiary/aromatic N) is 2. The number of piperidine rings is 1. The minimum atomic E-state index is -0.136. The molecule has 2 aliphatic rings. The van der Waals surface area contributed by atoms with Crippen LogP contribution < -0.4 is 5.32 Å². The molecule has 24 heavy (non-hydrogen) atoms. The summed E-state index contributed by atoms with van der Waals surface area (Å²) >= 11 is 0. The molecule has 2 aliphatic heterocycles. The van der Waals surface area contributed by atoms with E-state index in [1.165, 1.54) is 5.56 Å². The second-order valence-corrected chi connectivity index (χ2v) is 7.67. The predicted octanol–water partition coefficient (Wildman–Crippen LogP) is 2.59. The minimum Gasteiger partial charge on any atom is -0.341 e. The fraction of sp³-hybridized carbons (Fsp3) is 0.650. The molecule has 4 nitrogen and oxygen atoms in total. The van der Waals surface area contributed by atoms with Crippen molar-refractivity contribution in [2.75, 3.05) is 32.7 Å². The molecule has 0 spiro atoms. The van der Waals surface area contributed by atoms with Crippen molar-refractivity contribution in [2.24, 2.45) is 5.92 Å². The van der Waals surface area contributed by atoms with E-state index in [9.17, 15) is 4.79 Å². The summed E-state index contributed by atoms with van der Waals surface area (Å²) in [5.74, 6) is 1.03. The van der Waals surface area contributed by atoms with Gasteiger partial charge in [0.25, 0.3) is 0 Å². The fourth-order valence-corrected chi connectivity index (χ4v) is 3.86. The molecule has 2 unspecified atom stereocenters. The summed E-state index contributed by atoms with van der Waals surface area (Å²) in [4.78, 5) is 17.8. The van der Waals surface area contributed by atoms with Crippen LogP contribution in [0.5, 0.6) is 0 Å². The van der Waals surface area contributed by atoms with Crippen molar-refractivity contribution >= 4 is 5.91 Å². The molecule has 2 heterocycles. The van der Waals surface area contributed by atoms with Crippen molar-refractivity contribution in [1.29, 1.82) is 0 Å². The van der Waals surface area contributed by atoms with Crippen molar-refractivity contribution in [1.82, 2.24) is 15.1 Å². The fourth-order valence-electron chi connectivity index (χ4n) is 3.86. The molecule has 2 fully saturated rings. The Labute approximate surface area is 146 Å². The van der Waals surface area contributed by atoms with E-state index in [-0.39, 0.29) is 6.04 Å². The van der Waals surface area contributed by atoms with Gasteiger partial charge in [-0.2, -0.15) is 0 Å². The second kappa shape index (κ2) is 7.66. The zero-order chi connectivity index (χ0) is 17.1. The number of benzene rings is 1. The first-order chi connectivity index (χ1) is 11.5. The summed E-state index contributed by atoms with van der Waals surface area (Å²) in [7, 11) is 0. The van der Waals surface area contributed by atoms with Crippen LogP contribution in [0.1, 0.15) is 43.9 Å². The molecular formula is C20H31N3O. The van der Waals surface area contributed by atoms with Gasteiger partial charge in [-0.25, -0.2) is 0 Å². The van der Waals surface area contributed by atoms with Crippen LogP contribution in [0.15, 0.2) is 24.3 Å². The van der Waals surface area contributed by atoms with Gasteiger partial charge in [-0.1, -0.05) is 36.8 Å². The van der Waals surface area contributed by atoms with Gasteiger partial charge in [-0.3, -0.25) is 9.69 Å². The molecule has 1 aromatic rings. The molecule has 132 valence electrons. The quantitative estimate of drug-likeness (QED) is 0.926. The lowest BCUT2D eigenvalue weighted by Crippen LogP contribution is -2.54. The minimum absolute atomic E-state index is 0.136. The number of likely N-dealkylation sites (tertiary alicyclic amines) is 1. The lowest BCUT2D eigenvalue weighted by atomic mass is 9.96. The van der Waals surface area contributed by atoms with Crippen LogP contribution in [0.4, 0.5) is 0 Å². The van der Waals surface area contributed by atoms with E-state index in [1.54, 1.807) is 0 Å². The number of rotatable bonds is 3. The van der Waals surface area contributed by atoms with E-state index >= 15 is 0 Å². The summed E-state index contributed by atoms with van der Waals surface area (Å²) in [5.41, 5.74) is 2.38. The van der Waals surface area contributed by atoms with E-state index in [4.69, 9.17) is 0 Å². The number of carbonyl (C=O) groups is 1. The highest BCUT2D eigenvalue weighted by Gasteiger charge is 2.34. The first-order valence-electron chi connectivity index (χ1n) is 9.37. The number of aryl methyl sites for hydroxylation is 1. The third kappa shape index (κ3) is 3.98. The Kier molecular flexibility index (Phi) is 5.57. The molecule has 0 saturated carbocycles. The van der Waals surface area contributed by atoms with Gasteiger partial charge < -0.3 is 10.2 Å². The average Bonchev–Trinajstić information content (AvgIpc) is 2.57. The van der Waals surface area contributed by atoms with E-state index in [0.717, 1.165) is 57.0 Å². The van der Waals surface area contributed by atoms with Crippen molar-refractivity contribution in [3.8, 4) is 0 Å². The first kappa shape index (κ1) is 17.4. The van der Waals surface area contributed by atoms with Gasteiger partial charge in [0.05, 0.1) is 0 Å². The zero-order valence-electron chi connectivity index (χ0n) is 15.3. The maximum atomic E-state index is 13.4. The van der Waals surface area contributed by atoms with Crippen molar-refractivity contribution in [3.63, 3.8) is 0 Å². The number of piperazine rings is 1. The molecule has 2 saturated heterocycles. The molecule has 1 N–H and O–H groups in total. The second-order valence-electron chi connectivity index (χ2n) is 7.67. The van der Waals surface area contributed by atoms with Gasteiger partial charge in [-0.05, 0) is 38.2 Å². The van der Waals surface area contributed by atoms with E-state index in [0.29, 0.717) is 11.9 Å². The number of carbonyl (C=O) groups excluding carboxylic acids is 1. The molecule has 1 amide bonds. The Balaban J connectivity index is 1.83. The van der Waals surface area contributed by atoms with Crippen LogP contribution in [-0.4, -0.2) is 54.5 Å². The summed E-state index contributed by atoms with van der Waals surface area (Å²) in [5, 5.41) is 3.49. The highest BCUT2D eigenvalue weighted by Crippen LogP contribution is 2.27. The summed E-state index contributed by atoms with van der Waals surface area (Å²) < 4.78 is 0. The van der Waals surface area contributed by atoms with Crippen LogP contribution in [0, 0.1) is 12.8 Å². The molecule has 3 rings (SSSR count). The Morgan fingerprint density at radius 3 is 2.42 bits per heavy atom. The van der Waals surface area contributed by atoms with Gasteiger partial charge in [0.15, 0.2) is 0 Å². The molecule has 0 bridgehead atoms. The van der Waals surface area contributed by atoms with E-state index < -0.39 is 0 Å². The summed E-state index contributed by atoms with van der Waals surface area (Å²) in [6.07, 6.45) is 2.26. The zero-order valence-corrected chi connectivity index (χ0v) is 15.3. The number of nitrogens with one attached hydrogen (secondary N) is 1. The monoisotopic (exact) mass is 329 g/mol. The van der Waals surface area contributed by atoms with Crippen LogP contribution in [-0.2, 0) is 4.79 Å². The molecule has 0 radical (unpaired) electrons. The van der Waals surface area contributed by atoms with Crippen LogP contribution in [0.3, 0.4) is 0 Å². The average molecular weight is 329 g/mol. The standard InChI is InChI=1S/C20H31N3O/c1-15-4-6-18(7-5-15)19(23-13-10-21-17(3)14-23)20(24)22-11-8-16(2)9-12-22/h4-7,16-17,19,21H,8-14H2,1-3H3. The molecule has 0 aliphatic carbocycles. The number of hydrogen-bond acceptors (Lipinski definition) is 3. The summed E-state index contributed by atoms with van der Waals surface area (Å²) in [6.45, 7) is 11.2. The van der Waals surface area contributed by atoms with Crippen molar-refractivity contribution < 1.29 is 4.79 Å². The smallest absolute Gasteiger partial charge is 0.244 e. The lowest BCUT2D eigenvalue weighted by molar-refractivity contribution is -0.139. The van der Waals surface area contributed by atoms with E-state index in [1.807, 2.05) is 0 Å². The molecule has 1 aromatic carbocycles. The topological polar surface area (TPSA) is 35.6 Å². The Hall–Kier alpha value is -1.39. The van der Waals surface area contributed by atoms with Gasteiger partial charge >= 0.3 is 0 Å². The highest BCUT2D eigenvalue weighted by atomic mass is 16.2. The highest BCUT2D eigenvalue weighted by molar-refractivity contribution is 5.83. The Morgan fingerprint density at radius 1 is 1.12 bits per heavy atom. The van der Waals surface area contributed by atoms with Crippen LogP contribution in [0.2, 0.25) is 0 Å². The van der Waals surface area contributed by atoms with Crippen molar-refractivity contribution in [3.05, 3.63) is 35.4 Å². The van der Waals surface area contributed by atoms with Crippen molar-refractivity contribution in [2.45, 2.75) is 45.7 Å². The predicted molar refractivity (Wildman–Crippen MR) is 97.9 cm³/mol. The Morgan fingerprint density at radius 2 is 1.79 bits per heavy atom. The first-order valence-corrected chi connectivity index (χ1v) is 9.37. The summed E-state index contributed by atoms with van der Waals surface area (Å²) in [6, 6.07) is 8.82. The van der Waals surface area contributed by atoms with Crippen LogP contribution in [0.25, 0.3) is 0 Å². The number of hydrogen-bond donors (Lipinski definition) is 1. The molecule has 2 atom stereocenters. The lowest BCUT2D eigenvalue weighted by Gasteiger charge is -2.40. The molecule has 0 aromatic heterocycles. The third-order valence-corrected chi connectivity index (χ3v) is 5.49. The molecular weight excluding hydrogens is 298 g/mol. The van der Waals surface area contributed by atoms with Gasteiger partial charge in [-0.15, -0.1) is 0 Å². The largest absolute Gasteiger partial charge is 0.341 e. The molecule has 4 heteroatoms. The Bertz CT molecular complexity index is 549. The third-order valence-electron chi connectivity index (χ3n) is 5.49. The van der Waals surface area contributed by atoms with Gasteiger partial charge in [0.1, 0.15) is 6.04 Å². The van der Waals surface area contributed by atoms with Crippen LogP contribution >= 0.6 is 0 Å².